The molecule has 0 spiro atoms. The van der Waals surface area contributed by atoms with Gasteiger partial charge in [-0.15, -0.1) is 0 Å². The van der Waals surface area contributed by atoms with Crippen molar-refractivity contribution in [1.82, 2.24) is 0 Å². The number of methoxy groups -OCH3 is 2. The van der Waals surface area contributed by atoms with E-state index in [0.29, 0.717) is 17.1 Å². The number of carbonyl (C=O) groups is 2. The van der Waals surface area contributed by atoms with Crippen LogP contribution in [0.15, 0.2) is 36.4 Å². The van der Waals surface area contributed by atoms with Gasteiger partial charge in [-0.25, -0.2) is 4.79 Å². The van der Waals surface area contributed by atoms with E-state index in [-0.39, 0.29) is 0 Å². The Balaban J connectivity index is 2.91. The lowest BCUT2D eigenvalue weighted by atomic mass is 10.1. The van der Waals surface area contributed by atoms with Gasteiger partial charge in [0.2, 0.25) is 0 Å². The molecule has 0 bridgehead atoms. The Morgan fingerprint density at radius 1 is 1.11 bits per heavy atom. The van der Waals surface area contributed by atoms with Crippen LogP contribution in [0.25, 0.3) is 6.08 Å². The maximum absolute atomic E-state index is 11.4. The van der Waals surface area contributed by atoms with Gasteiger partial charge in [-0.3, -0.25) is 4.79 Å². The van der Waals surface area contributed by atoms with Gasteiger partial charge in [0, 0.05) is 11.6 Å². The fraction of sp³-hybridized carbons (Fsp3) is 0.143. The molecule has 0 saturated heterocycles. The summed E-state index contributed by atoms with van der Waals surface area (Å²) in [7, 11) is 3.06. The molecule has 1 aromatic carbocycles. The minimum Gasteiger partial charge on any atom is -0.497 e. The molecule has 0 aliphatic heterocycles. The van der Waals surface area contributed by atoms with E-state index in [1.165, 1.54) is 26.4 Å². The predicted octanol–water partition coefficient (Wildman–Crippen LogP) is 1.93. The van der Waals surface area contributed by atoms with Crippen molar-refractivity contribution in [1.29, 1.82) is 0 Å². The van der Waals surface area contributed by atoms with Crippen molar-refractivity contribution < 1.29 is 24.2 Å². The highest BCUT2D eigenvalue weighted by Gasteiger charge is 2.02. The predicted molar refractivity (Wildman–Crippen MR) is 70.4 cm³/mol. The SMILES string of the molecule is COc1ccc(OC)c(C=CC(=O)C=CC(=O)O)c1. The van der Waals surface area contributed by atoms with Crippen LogP contribution in [0.3, 0.4) is 0 Å². The molecule has 5 heteroatoms. The first kappa shape index (κ1) is 14.5. The van der Waals surface area contributed by atoms with Gasteiger partial charge in [-0.2, -0.15) is 0 Å². The number of aliphatic carboxylic acids is 1. The molecule has 0 radical (unpaired) electrons. The topological polar surface area (TPSA) is 72.8 Å². The first-order valence-electron chi connectivity index (χ1n) is 5.42. The molecule has 1 N–H and O–H groups in total. The molecule has 0 amide bonds. The third-order valence-electron chi connectivity index (χ3n) is 2.25. The van der Waals surface area contributed by atoms with Crippen LogP contribution in [-0.4, -0.2) is 31.1 Å². The average molecular weight is 262 g/mol. The van der Waals surface area contributed by atoms with Crippen LogP contribution in [0.5, 0.6) is 11.5 Å². The van der Waals surface area contributed by atoms with Crippen molar-refractivity contribution in [3.05, 3.63) is 42.0 Å². The van der Waals surface area contributed by atoms with Gasteiger partial charge in [-0.1, -0.05) is 0 Å². The first-order valence-corrected chi connectivity index (χ1v) is 5.42. The molecule has 1 aromatic rings. The van der Waals surface area contributed by atoms with E-state index in [2.05, 4.69) is 0 Å². The number of ketones is 1. The minimum atomic E-state index is -1.17. The van der Waals surface area contributed by atoms with Crippen LogP contribution < -0.4 is 9.47 Å². The summed E-state index contributed by atoms with van der Waals surface area (Å²) in [5.74, 6) is -0.367. The number of benzene rings is 1. The molecule has 0 aromatic heterocycles. The normalized spacial score (nSPS) is 10.8. The number of hydrogen-bond donors (Lipinski definition) is 1. The van der Waals surface area contributed by atoms with Crippen LogP contribution in [0.4, 0.5) is 0 Å². The minimum absolute atomic E-state index is 0.424. The summed E-state index contributed by atoms with van der Waals surface area (Å²) < 4.78 is 10.2. The van der Waals surface area contributed by atoms with Gasteiger partial charge in [0.15, 0.2) is 5.78 Å². The summed E-state index contributed by atoms with van der Waals surface area (Å²) in [4.78, 5) is 21.6. The number of hydrogen-bond acceptors (Lipinski definition) is 4. The van der Waals surface area contributed by atoms with Crippen molar-refractivity contribution in [3.63, 3.8) is 0 Å². The second kappa shape index (κ2) is 7.00. The Morgan fingerprint density at radius 3 is 2.42 bits per heavy atom. The Kier molecular flexibility index (Phi) is 5.35. The molecule has 5 nitrogen and oxygen atoms in total. The van der Waals surface area contributed by atoms with Crippen molar-refractivity contribution in [2.45, 2.75) is 0 Å². The van der Waals surface area contributed by atoms with E-state index in [9.17, 15) is 9.59 Å². The smallest absolute Gasteiger partial charge is 0.328 e. The van der Waals surface area contributed by atoms with Crippen LogP contribution in [-0.2, 0) is 9.59 Å². The molecule has 1 rings (SSSR count). The number of ether oxygens (including phenoxy) is 2. The zero-order valence-electron chi connectivity index (χ0n) is 10.6. The summed E-state index contributed by atoms with van der Waals surface area (Å²) in [6.07, 6.45) is 4.56. The van der Waals surface area contributed by atoms with E-state index in [1.54, 1.807) is 18.2 Å². The largest absolute Gasteiger partial charge is 0.497 e. The van der Waals surface area contributed by atoms with Crippen molar-refractivity contribution >= 4 is 17.8 Å². The molecular formula is C14H14O5. The Morgan fingerprint density at radius 2 is 1.84 bits per heavy atom. The average Bonchev–Trinajstić information content (AvgIpc) is 2.42. The molecule has 0 fully saturated rings. The zero-order chi connectivity index (χ0) is 14.3. The molecule has 0 heterocycles. The number of allylic oxidation sites excluding steroid dienone is 2. The number of rotatable bonds is 6. The van der Waals surface area contributed by atoms with Crippen LogP contribution in [0.1, 0.15) is 5.56 Å². The molecule has 0 aliphatic carbocycles. The maximum Gasteiger partial charge on any atom is 0.328 e. The van der Waals surface area contributed by atoms with Gasteiger partial charge >= 0.3 is 5.97 Å². The fourth-order valence-corrected chi connectivity index (χ4v) is 1.35. The third kappa shape index (κ3) is 4.67. The number of carboxylic acid groups (broad SMARTS) is 1. The third-order valence-corrected chi connectivity index (χ3v) is 2.25. The highest BCUT2D eigenvalue weighted by Crippen LogP contribution is 2.24. The van der Waals surface area contributed by atoms with Crippen LogP contribution >= 0.6 is 0 Å². The molecule has 0 saturated carbocycles. The van der Waals surface area contributed by atoms with E-state index in [0.717, 1.165) is 12.2 Å². The van der Waals surface area contributed by atoms with Gasteiger partial charge in [0.1, 0.15) is 11.5 Å². The molecular weight excluding hydrogens is 248 g/mol. The molecule has 100 valence electrons. The zero-order valence-corrected chi connectivity index (χ0v) is 10.6. The van der Waals surface area contributed by atoms with Crippen LogP contribution in [0.2, 0.25) is 0 Å². The second-order valence-corrected chi connectivity index (χ2v) is 3.52. The Bertz CT molecular complexity index is 529. The lowest BCUT2D eigenvalue weighted by Gasteiger charge is -2.06. The van der Waals surface area contributed by atoms with E-state index in [1.807, 2.05) is 0 Å². The molecule has 0 unspecified atom stereocenters. The number of carboxylic acids is 1. The monoisotopic (exact) mass is 262 g/mol. The van der Waals surface area contributed by atoms with Gasteiger partial charge in [-0.05, 0) is 36.4 Å². The highest BCUT2D eigenvalue weighted by atomic mass is 16.5. The molecule has 0 aliphatic rings. The highest BCUT2D eigenvalue weighted by molar-refractivity contribution is 6.04. The van der Waals surface area contributed by atoms with Gasteiger partial charge < -0.3 is 14.6 Å². The first-order chi connectivity index (χ1) is 9.06. The fourth-order valence-electron chi connectivity index (χ4n) is 1.35. The van der Waals surface area contributed by atoms with E-state index in [4.69, 9.17) is 14.6 Å². The maximum atomic E-state index is 11.4. The quantitative estimate of drug-likeness (QED) is 0.793. The lowest BCUT2D eigenvalue weighted by molar-refractivity contribution is -0.131. The number of carbonyl (C=O) groups excluding carboxylic acids is 1. The summed E-state index contributed by atoms with van der Waals surface area (Å²) in [6.45, 7) is 0. The molecule has 19 heavy (non-hydrogen) atoms. The Hall–Kier alpha value is -2.56. The standard InChI is InChI=1S/C14H14O5/c1-18-12-6-7-13(19-2)10(9-12)3-4-11(15)5-8-14(16)17/h3-9H,1-2H3,(H,16,17). The van der Waals surface area contributed by atoms with Crippen molar-refractivity contribution in [2.24, 2.45) is 0 Å². The summed E-state index contributed by atoms with van der Waals surface area (Å²) >= 11 is 0. The Labute approximate surface area is 110 Å². The van der Waals surface area contributed by atoms with Crippen molar-refractivity contribution in [3.8, 4) is 11.5 Å². The van der Waals surface area contributed by atoms with E-state index < -0.39 is 11.8 Å². The van der Waals surface area contributed by atoms with Crippen molar-refractivity contribution in [2.75, 3.05) is 14.2 Å². The summed E-state index contributed by atoms with van der Waals surface area (Å²) in [5, 5.41) is 8.40. The van der Waals surface area contributed by atoms with Gasteiger partial charge in [0.05, 0.1) is 14.2 Å². The van der Waals surface area contributed by atoms with Crippen LogP contribution in [0, 0.1) is 0 Å². The second-order valence-electron chi connectivity index (χ2n) is 3.52. The van der Waals surface area contributed by atoms with E-state index >= 15 is 0 Å². The summed E-state index contributed by atoms with van der Waals surface area (Å²) in [6, 6.07) is 5.17. The molecule has 0 atom stereocenters. The summed E-state index contributed by atoms with van der Waals surface area (Å²) in [5.41, 5.74) is 0.666. The lowest BCUT2D eigenvalue weighted by Crippen LogP contribution is -1.92. The van der Waals surface area contributed by atoms with Gasteiger partial charge in [0.25, 0.3) is 0 Å².